The summed E-state index contributed by atoms with van der Waals surface area (Å²) in [6.45, 7) is 9.28. The van der Waals surface area contributed by atoms with Crippen LogP contribution in [0.4, 0.5) is 0 Å². The lowest BCUT2D eigenvalue weighted by Gasteiger charge is -1.91. The molecule has 1 fully saturated rings. The molecule has 2 nitrogen and oxygen atoms in total. The van der Waals surface area contributed by atoms with E-state index in [1.54, 1.807) is 0 Å². The number of aryl methyl sites for hydroxylation is 2. The molecule has 1 aromatic heterocycles. The maximum absolute atomic E-state index is 4.51. The highest BCUT2D eigenvalue weighted by molar-refractivity contribution is 5.22. The molecular formula is C11H20N2. The van der Waals surface area contributed by atoms with E-state index in [1.807, 2.05) is 18.5 Å². The van der Waals surface area contributed by atoms with Crippen molar-refractivity contribution in [2.75, 3.05) is 0 Å². The second-order valence-corrected chi connectivity index (χ2v) is 3.33. The van der Waals surface area contributed by atoms with Crippen LogP contribution in [0.25, 0.3) is 0 Å². The van der Waals surface area contributed by atoms with Crippen molar-refractivity contribution in [1.82, 2.24) is 9.78 Å². The van der Waals surface area contributed by atoms with Gasteiger partial charge in [0, 0.05) is 18.7 Å². The minimum Gasteiger partial charge on any atom is -0.272 e. The fraction of sp³-hybridized carbons (Fsp3) is 0.727. The van der Waals surface area contributed by atoms with Gasteiger partial charge in [0.2, 0.25) is 0 Å². The first kappa shape index (κ1) is 10.3. The Morgan fingerprint density at radius 1 is 1.46 bits per heavy atom. The molecule has 1 aliphatic rings. The first-order valence-electron chi connectivity index (χ1n) is 5.35. The Balaban J connectivity index is 0.000000396. The first-order chi connectivity index (χ1) is 6.31. The van der Waals surface area contributed by atoms with Crippen molar-refractivity contribution < 1.29 is 0 Å². The summed E-state index contributed by atoms with van der Waals surface area (Å²) in [5, 5.41) is 4.51. The molecule has 0 aliphatic heterocycles. The standard InChI is InChI=1S/C9H14N2.C2H6/c1-3-11-6-7(2)9(10-11)8-4-5-8;1-2/h6,8H,3-5H2,1-2H3;1-2H3. The predicted molar refractivity (Wildman–Crippen MR) is 56.0 cm³/mol. The quantitative estimate of drug-likeness (QED) is 0.683. The highest BCUT2D eigenvalue weighted by Gasteiger charge is 2.27. The van der Waals surface area contributed by atoms with E-state index in [9.17, 15) is 0 Å². The summed E-state index contributed by atoms with van der Waals surface area (Å²) in [4.78, 5) is 0. The van der Waals surface area contributed by atoms with E-state index < -0.39 is 0 Å². The molecule has 0 amide bonds. The van der Waals surface area contributed by atoms with E-state index in [1.165, 1.54) is 24.1 Å². The largest absolute Gasteiger partial charge is 0.272 e. The lowest BCUT2D eigenvalue weighted by Crippen LogP contribution is -1.94. The van der Waals surface area contributed by atoms with Crippen molar-refractivity contribution in [2.24, 2.45) is 0 Å². The molecule has 2 heteroatoms. The Labute approximate surface area is 81.0 Å². The zero-order valence-corrected chi connectivity index (χ0v) is 9.17. The maximum Gasteiger partial charge on any atom is 0.0684 e. The molecular weight excluding hydrogens is 160 g/mol. The zero-order chi connectivity index (χ0) is 9.84. The van der Waals surface area contributed by atoms with Gasteiger partial charge in [-0.1, -0.05) is 13.8 Å². The van der Waals surface area contributed by atoms with Crippen molar-refractivity contribution in [2.45, 2.75) is 53.0 Å². The van der Waals surface area contributed by atoms with Gasteiger partial charge in [0.05, 0.1) is 5.69 Å². The van der Waals surface area contributed by atoms with Crippen molar-refractivity contribution >= 4 is 0 Å². The van der Waals surface area contributed by atoms with Gasteiger partial charge < -0.3 is 0 Å². The highest BCUT2D eigenvalue weighted by atomic mass is 15.3. The molecule has 0 spiro atoms. The van der Waals surface area contributed by atoms with Gasteiger partial charge >= 0.3 is 0 Å². The number of rotatable bonds is 2. The number of hydrogen-bond donors (Lipinski definition) is 0. The van der Waals surface area contributed by atoms with Crippen LogP contribution in [0.2, 0.25) is 0 Å². The van der Waals surface area contributed by atoms with Crippen LogP contribution in [0, 0.1) is 6.92 Å². The molecule has 1 aromatic rings. The van der Waals surface area contributed by atoms with Crippen LogP contribution < -0.4 is 0 Å². The predicted octanol–water partition coefficient (Wildman–Crippen LogP) is 3.12. The topological polar surface area (TPSA) is 17.8 Å². The van der Waals surface area contributed by atoms with E-state index in [-0.39, 0.29) is 0 Å². The lowest BCUT2D eigenvalue weighted by atomic mass is 10.2. The van der Waals surface area contributed by atoms with E-state index in [0.717, 1.165) is 12.5 Å². The monoisotopic (exact) mass is 180 g/mol. The van der Waals surface area contributed by atoms with Crippen LogP contribution in [0.1, 0.15) is 50.8 Å². The third kappa shape index (κ3) is 2.33. The van der Waals surface area contributed by atoms with Gasteiger partial charge in [-0.05, 0) is 32.3 Å². The molecule has 13 heavy (non-hydrogen) atoms. The summed E-state index contributed by atoms with van der Waals surface area (Å²) < 4.78 is 2.03. The maximum atomic E-state index is 4.51. The van der Waals surface area contributed by atoms with Crippen LogP contribution in [0.15, 0.2) is 6.20 Å². The molecule has 0 radical (unpaired) electrons. The van der Waals surface area contributed by atoms with Crippen LogP contribution in [0.5, 0.6) is 0 Å². The minimum atomic E-state index is 0.794. The van der Waals surface area contributed by atoms with Crippen molar-refractivity contribution in [3.8, 4) is 0 Å². The van der Waals surface area contributed by atoms with Crippen LogP contribution in [0.3, 0.4) is 0 Å². The summed E-state index contributed by atoms with van der Waals surface area (Å²) in [7, 11) is 0. The molecule has 2 rings (SSSR count). The number of hydrogen-bond acceptors (Lipinski definition) is 1. The average Bonchev–Trinajstić information content (AvgIpc) is 2.94. The fourth-order valence-electron chi connectivity index (χ4n) is 1.46. The third-order valence-corrected chi connectivity index (χ3v) is 2.27. The van der Waals surface area contributed by atoms with E-state index in [4.69, 9.17) is 0 Å². The average molecular weight is 180 g/mol. The van der Waals surface area contributed by atoms with Gasteiger partial charge in [-0.25, -0.2) is 0 Å². The molecule has 74 valence electrons. The Bertz CT molecular complexity index is 259. The summed E-state index contributed by atoms with van der Waals surface area (Å²) in [6, 6.07) is 0. The second-order valence-electron chi connectivity index (χ2n) is 3.33. The van der Waals surface area contributed by atoms with E-state index in [0.29, 0.717) is 0 Å². The van der Waals surface area contributed by atoms with Crippen molar-refractivity contribution in [1.29, 1.82) is 0 Å². The highest BCUT2D eigenvalue weighted by Crippen LogP contribution is 2.40. The van der Waals surface area contributed by atoms with Gasteiger partial charge in [0.15, 0.2) is 0 Å². The first-order valence-corrected chi connectivity index (χ1v) is 5.35. The van der Waals surface area contributed by atoms with Gasteiger partial charge in [0.25, 0.3) is 0 Å². The van der Waals surface area contributed by atoms with E-state index in [2.05, 4.69) is 25.1 Å². The van der Waals surface area contributed by atoms with E-state index >= 15 is 0 Å². The lowest BCUT2D eigenvalue weighted by molar-refractivity contribution is 0.647. The van der Waals surface area contributed by atoms with Gasteiger partial charge in [0.1, 0.15) is 0 Å². The molecule has 0 N–H and O–H groups in total. The summed E-state index contributed by atoms with van der Waals surface area (Å²) >= 11 is 0. The Morgan fingerprint density at radius 2 is 2.08 bits per heavy atom. The molecule has 0 bridgehead atoms. The normalized spacial score (nSPS) is 15.1. The molecule has 0 saturated heterocycles. The van der Waals surface area contributed by atoms with Crippen LogP contribution >= 0.6 is 0 Å². The Morgan fingerprint density at radius 3 is 2.46 bits per heavy atom. The molecule has 0 atom stereocenters. The third-order valence-electron chi connectivity index (χ3n) is 2.27. The van der Waals surface area contributed by atoms with Crippen LogP contribution in [-0.4, -0.2) is 9.78 Å². The summed E-state index contributed by atoms with van der Waals surface area (Å²) in [6.07, 6.45) is 4.84. The van der Waals surface area contributed by atoms with Gasteiger partial charge in [-0.2, -0.15) is 5.10 Å². The second kappa shape index (κ2) is 4.45. The molecule has 0 aromatic carbocycles. The zero-order valence-electron chi connectivity index (χ0n) is 9.17. The fourth-order valence-corrected chi connectivity index (χ4v) is 1.46. The Hall–Kier alpha value is -0.790. The molecule has 0 unspecified atom stereocenters. The smallest absolute Gasteiger partial charge is 0.0684 e. The minimum absolute atomic E-state index is 0.794. The summed E-state index contributed by atoms with van der Waals surface area (Å²) in [5.41, 5.74) is 2.71. The van der Waals surface area contributed by atoms with Gasteiger partial charge in [-0.15, -0.1) is 0 Å². The molecule has 1 aliphatic carbocycles. The number of aromatic nitrogens is 2. The SMILES string of the molecule is CC.CCn1cc(C)c(C2CC2)n1. The van der Waals surface area contributed by atoms with Crippen LogP contribution in [-0.2, 0) is 6.54 Å². The Kier molecular flexibility index (Phi) is 3.52. The number of nitrogens with zero attached hydrogens (tertiary/aromatic N) is 2. The molecule has 1 saturated carbocycles. The van der Waals surface area contributed by atoms with Gasteiger partial charge in [-0.3, -0.25) is 4.68 Å². The van der Waals surface area contributed by atoms with Crippen molar-refractivity contribution in [3.63, 3.8) is 0 Å². The summed E-state index contributed by atoms with van der Waals surface area (Å²) in [5.74, 6) is 0.794. The molecule has 1 heterocycles. The van der Waals surface area contributed by atoms with Crippen molar-refractivity contribution in [3.05, 3.63) is 17.5 Å².